The molecule has 1 aromatic heterocycles. The molecule has 0 unspecified atom stereocenters. The van der Waals surface area contributed by atoms with Crippen LogP contribution in [0.15, 0.2) is 28.8 Å². The van der Waals surface area contributed by atoms with E-state index in [4.69, 9.17) is 14.0 Å². The average Bonchev–Trinajstić information content (AvgIpc) is 3.03. The molecule has 0 N–H and O–H groups in total. The summed E-state index contributed by atoms with van der Waals surface area (Å²) in [6, 6.07) is 7.24. The van der Waals surface area contributed by atoms with E-state index in [1.54, 1.807) is 17.0 Å². The fourth-order valence-corrected chi connectivity index (χ4v) is 2.52. The summed E-state index contributed by atoms with van der Waals surface area (Å²) in [6.07, 6.45) is 0. The maximum absolute atomic E-state index is 12.2. The van der Waals surface area contributed by atoms with Crippen molar-refractivity contribution in [2.24, 2.45) is 0 Å². The molecular weight excluding hydrogens is 322 g/mol. The summed E-state index contributed by atoms with van der Waals surface area (Å²) in [5, 5.41) is 3.96. The van der Waals surface area contributed by atoms with Crippen LogP contribution in [0.1, 0.15) is 44.3 Å². The number of likely N-dealkylation sites (tertiary alicyclic amines) is 1. The zero-order valence-corrected chi connectivity index (χ0v) is 14.8. The molecule has 1 aliphatic heterocycles. The molecule has 25 heavy (non-hydrogen) atoms. The molecule has 1 saturated heterocycles. The van der Waals surface area contributed by atoms with E-state index in [1.165, 1.54) is 0 Å². The van der Waals surface area contributed by atoms with Crippen molar-refractivity contribution in [3.8, 4) is 11.5 Å². The summed E-state index contributed by atoms with van der Waals surface area (Å²) >= 11 is 0. The van der Waals surface area contributed by atoms with Crippen molar-refractivity contribution in [3.63, 3.8) is 0 Å². The number of carbonyl (C=O) groups excluding carboxylic acids is 1. The van der Waals surface area contributed by atoms with Gasteiger partial charge in [-0.25, -0.2) is 0 Å². The monoisotopic (exact) mass is 345 g/mol. The first-order valence-corrected chi connectivity index (χ1v) is 8.53. The lowest BCUT2D eigenvalue weighted by Gasteiger charge is -2.36. The maximum atomic E-state index is 12.2. The molecule has 0 aliphatic carbocycles. The van der Waals surface area contributed by atoms with E-state index in [9.17, 15) is 4.79 Å². The smallest absolute Gasteiger partial charge is 0.260 e. The molecule has 0 saturated carbocycles. The molecule has 0 radical (unpaired) electrons. The van der Waals surface area contributed by atoms with Crippen LogP contribution in [0.5, 0.6) is 11.5 Å². The van der Waals surface area contributed by atoms with Crippen LogP contribution >= 0.6 is 0 Å². The Labute approximate surface area is 146 Å². The van der Waals surface area contributed by atoms with Crippen molar-refractivity contribution in [2.45, 2.75) is 32.6 Å². The Morgan fingerprint density at radius 1 is 1.24 bits per heavy atom. The van der Waals surface area contributed by atoms with Gasteiger partial charge in [0.25, 0.3) is 5.91 Å². The van der Waals surface area contributed by atoms with Gasteiger partial charge in [-0.15, -0.1) is 0 Å². The molecule has 0 atom stereocenters. The van der Waals surface area contributed by atoms with Crippen LogP contribution in [-0.2, 0) is 4.79 Å². The summed E-state index contributed by atoms with van der Waals surface area (Å²) in [6.45, 7) is 7.78. The molecule has 1 aliphatic rings. The van der Waals surface area contributed by atoms with Gasteiger partial charge in [0.05, 0.1) is 12.5 Å². The van der Waals surface area contributed by atoms with Crippen molar-refractivity contribution in [3.05, 3.63) is 36.0 Å². The fraction of sp³-hybridized carbons (Fsp3) is 0.500. The second kappa shape index (κ2) is 7.55. The van der Waals surface area contributed by atoms with Crippen molar-refractivity contribution >= 4 is 5.91 Å². The lowest BCUT2D eigenvalue weighted by atomic mass is 10.00. The zero-order valence-electron chi connectivity index (χ0n) is 14.8. The first kappa shape index (κ1) is 17.3. The third-order valence-corrected chi connectivity index (χ3v) is 4.05. The number of ether oxygens (including phenoxy) is 2. The zero-order chi connectivity index (χ0) is 17.8. The minimum absolute atomic E-state index is 0.0157. The number of hydrogen-bond donors (Lipinski definition) is 0. The van der Waals surface area contributed by atoms with Crippen LogP contribution in [0.3, 0.4) is 0 Å². The molecule has 0 spiro atoms. The van der Waals surface area contributed by atoms with Gasteiger partial charge in [0.1, 0.15) is 11.5 Å². The molecule has 0 bridgehead atoms. The Morgan fingerprint density at radius 2 is 1.88 bits per heavy atom. The largest absolute Gasteiger partial charge is 0.494 e. The second-order valence-corrected chi connectivity index (χ2v) is 6.33. The number of rotatable bonds is 7. The summed E-state index contributed by atoms with van der Waals surface area (Å²) in [4.78, 5) is 18.3. The van der Waals surface area contributed by atoms with Gasteiger partial charge in [0, 0.05) is 19.0 Å². The van der Waals surface area contributed by atoms with E-state index in [0.717, 1.165) is 5.75 Å². The standard InChI is InChI=1S/C18H23N3O4/c1-4-23-14-5-7-15(8-6-14)24-11-16(22)21-9-13(10-21)18-19-17(12(2)3)20-25-18/h5-8,12-13H,4,9-11H2,1-3H3. The third-order valence-electron chi connectivity index (χ3n) is 4.05. The molecular formula is C18H23N3O4. The van der Waals surface area contributed by atoms with E-state index in [1.807, 2.05) is 32.9 Å². The lowest BCUT2D eigenvalue weighted by Crippen LogP contribution is -2.50. The number of hydrogen-bond acceptors (Lipinski definition) is 6. The van der Waals surface area contributed by atoms with Crippen LogP contribution in [0.4, 0.5) is 0 Å². The number of nitrogens with zero attached hydrogens (tertiary/aromatic N) is 3. The molecule has 134 valence electrons. The van der Waals surface area contributed by atoms with Gasteiger partial charge in [0.2, 0.25) is 5.89 Å². The van der Waals surface area contributed by atoms with Gasteiger partial charge in [-0.1, -0.05) is 19.0 Å². The van der Waals surface area contributed by atoms with Gasteiger partial charge in [-0.2, -0.15) is 4.98 Å². The van der Waals surface area contributed by atoms with E-state index in [-0.39, 0.29) is 24.3 Å². The Kier molecular flexibility index (Phi) is 5.21. The molecule has 2 heterocycles. The Bertz CT molecular complexity index is 705. The quantitative estimate of drug-likeness (QED) is 0.767. The van der Waals surface area contributed by atoms with E-state index < -0.39 is 0 Å². The minimum atomic E-state index is -0.0475. The summed E-state index contributed by atoms with van der Waals surface area (Å²) in [5.74, 6) is 3.05. The molecule has 3 rings (SSSR count). The van der Waals surface area contributed by atoms with Crippen LogP contribution in [0, 0.1) is 0 Å². The first-order chi connectivity index (χ1) is 12.1. The average molecular weight is 345 g/mol. The molecule has 7 nitrogen and oxygen atoms in total. The Hall–Kier alpha value is -2.57. The van der Waals surface area contributed by atoms with E-state index in [0.29, 0.717) is 37.2 Å². The predicted molar refractivity (Wildman–Crippen MR) is 90.8 cm³/mol. The predicted octanol–water partition coefficient (Wildman–Crippen LogP) is 2.60. The summed E-state index contributed by atoms with van der Waals surface area (Å²) in [7, 11) is 0. The number of amides is 1. The van der Waals surface area contributed by atoms with Crippen molar-refractivity contribution in [2.75, 3.05) is 26.3 Å². The highest BCUT2D eigenvalue weighted by atomic mass is 16.5. The highest BCUT2D eigenvalue weighted by Crippen LogP contribution is 2.27. The Balaban J connectivity index is 1.44. The van der Waals surface area contributed by atoms with Crippen LogP contribution < -0.4 is 9.47 Å². The highest BCUT2D eigenvalue weighted by Gasteiger charge is 2.35. The molecule has 1 aromatic carbocycles. The van der Waals surface area contributed by atoms with Crippen molar-refractivity contribution in [1.82, 2.24) is 15.0 Å². The van der Waals surface area contributed by atoms with Crippen molar-refractivity contribution in [1.29, 1.82) is 0 Å². The normalized spacial score (nSPS) is 14.5. The highest BCUT2D eigenvalue weighted by molar-refractivity contribution is 5.78. The topological polar surface area (TPSA) is 77.7 Å². The molecule has 1 amide bonds. The molecule has 7 heteroatoms. The van der Waals surface area contributed by atoms with Crippen LogP contribution in [-0.4, -0.2) is 47.3 Å². The number of aromatic nitrogens is 2. The van der Waals surface area contributed by atoms with Crippen LogP contribution in [0.2, 0.25) is 0 Å². The first-order valence-electron chi connectivity index (χ1n) is 8.53. The number of carbonyl (C=O) groups is 1. The van der Waals surface area contributed by atoms with E-state index in [2.05, 4.69) is 10.1 Å². The third kappa shape index (κ3) is 4.10. The van der Waals surface area contributed by atoms with Gasteiger partial charge in [-0.3, -0.25) is 4.79 Å². The Morgan fingerprint density at radius 3 is 2.44 bits per heavy atom. The van der Waals surface area contributed by atoms with Gasteiger partial charge < -0.3 is 18.9 Å². The molecule has 2 aromatic rings. The lowest BCUT2D eigenvalue weighted by molar-refractivity contribution is -0.138. The molecule has 1 fully saturated rings. The van der Waals surface area contributed by atoms with Crippen LogP contribution in [0.25, 0.3) is 0 Å². The second-order valence-electron chi connectivity index (χ2n) is 6.33. The van der Waals surface area contributed by atoms with E-state index >= 15 is 0 Å². The summed E-state index contributed by atoms with van der Waals surface area (Å²) < 4.78 is 16.2. The summed E-state index contributed by atoms with van der Waals surface area (Å²) in [5.41, 5.74) is 0. The SMILES string of the molecule is CCOc1ccc(OCC(=O)N2CC(c3nc(C(C)C)no3)C2)cc1. The number of benzene rings is 1. The van der Waals surface area contributed by atoms with Crippen molar-refractivity contribution < 1.29 is 18.8 Å². The fourth-order valence-electron chi connectivity index (χ4n) is 2.52. The van der Waals surface area contributed by atoms with Gasteiger partial charge in [0.15, 0.2) is 12.4 Å². The van der Waals surface area contributed by atoms with Gasteiger partial charge >= 0.3 is 0 Å². The van der Waals surface area contributed by atoms with Gasteiger partial charge in [-0.05, 0) is 31.2 Å². The minimum Gasteiger partial charge on any atom is -0.494 e. The maximum Gasteiger partial charge on any atom is 0.260 e.